The first-order valence-electron chi connectivity index (χ1n) is 6.61. The van der Waals surface area contributed by atoms with E-state index in [1.54, 1.807) is 0 Å². The third kappa shape index (κ3) is 4.25. The molecule has 0 heterocycles. The number of ether oxygens (including phenoxy) is 1. The molecule has 2 aromatic carbocycles. The van der Waals surface area contributed by atoms with Gasteiger partial charge in [-0.1, -0.05) is 24.6 Å². The van der Waals surface area contributed by atoms with Crippen molar-refractivity contribution >= 4 is 11.9 Å². The topological polar surface area (TPSA) is 21.6 Å². The molecule has 0 bridgehead atoms. The number of hydrogen-bond acceptors (Lipinski definition) is 2. The van der Waals surface area contributed by atoms with E-state index in [4.69, 9.17) is 4.74 Å². The number of hydrogen-bond donors (Lipinski definition) is 0. The van der Waals surface area contributed by atoms with E-state index in [2.05, 4.69) is 31.0 Å². The molecule has 98 valence electrons. The standard InChI is InChI=1S/C17H19NO/c1-3-12-19-17-10-6-15(7-11-17)13-18-16-8-4-14(2)5-9-16/h4-11,13H,3,12H2,1-2H3. The van der Waals surface area contributed by atoms with Crippen LogP contribution in [0.5, 0.6) is 5.75 Å². The van der Waals surface area contributed by atoms with E-state index < -0.39 is 0 Å². The molecule has 0 N–H and O–H groups in total. The maximum atomic E-state index is 5.54. The molecule has 19 heavy (non-hydrogen) atoms. The molecule has 0 fully saturated rings. The van der Waals surface area contributed by atoms with Crippen LogP contribution in [0.2, 0.25) is 0 Å². The van der Waals surface area contributed by atoms with Gasteiger partial charge >= 0.3 is 0 Å². The average molecular weight is 253 g/mol. The molecule has 0 amide bonds. The van der Waals surface area contributed by atoms with Crippen LogP contribution < -0.4 is 4.74 Å². The summed E-state index contributed by atoms with van der Waals surface area (Å²) in [6, 6.07) is 16.2. The highest BCUT2D eigenvalue weighted by Gasteiger charge is 1.93. The van der Waals surface area contributed by atoms with Crippen molar-refractivity contribution < 1.29 is 4.74 Å². The van der Waals surface area contributed by atoms with Crippen LogP contribution in [0.3, 0.4) is 0 Å². The summed E-state index contributed by atoms with van der Waals surface area (Å²) >= 11 is 0. The minimum absolute atomic E-state index is 0.761. The Balaban J connectivity index is 2.00. The Morgan fingerprint density at radius 3 is 2.32 bits per heavy atom. The van der Waals surface area contributed by atoms with Gasteiger partial charge in [0.15, 0.2) is 0 Å². The molecule has 2 nitrogen and oxygen atoms in total. The fraction of sp³-hybridized carbons (Fsp3) is 0.235. The van der Waals surface area contributed by atoms with Gasteiger partial charge in [0.1, 0.15) is 5.75 Å². The lowest BCUT2D eigenvalue weighted by molar-refractivity contribution is 0.317. The molecule has 2 heteroatoms. The van der Waals surface area contributed by atoms with Crippen molar-refractivity contribution in [1.29, 1.82) is 0 Å². The van der Waals surface area contributed by atoms with E-state index in [1.807, 2.05) is 42.6 Å². The second kappa shape index (κ2) is 6.74. The van der Waals surface area contributed by atoms with E-state index in [0.29, 0.717) is 0 Å². The van der Waals surface area contributed by atoms with Crippen LogP contribution in [-0.4, -0.2) is 12.8 Å². The molecular formula is C17H19NO. The smallest absolute Gasteiger partial charge is 0.119 e. The molecular weight excluding hydrogens is 234 g/mol. The Morgan fingerprint density at radius 1 is 1.00 bits per heavy atom. The van der Waals surface area contributed by atoms with Crippen molar-refractivity contribution in [1.82, 2.24) is 0 Å². The third-order valence-electron chi connectivity index (χ3n) is 2.75. The van der Waals surface area contributed by atoms with Gasteiger partial charge < -0.3 is 4.74 Å². The van der Waals surface area contributed by atoms with Gasteiger partial charge in [-0.05, 0) is 55.3 Å². The molecule has 0 aliphatic heterocycles. The summed E-state index contributed by atoms with van der Waals surface area (Å²) < 4.78 is 5.54. The van der Waals surface area contributed by atoms with Crippen molar-refractivity contribution in [3.05, 3.63) is 59.7 Å². The Bertz CT molecular complexity index is 526. The summed E-state index contributed by atoms with van der Waals surface area (Å²) in [5, 5.41) is 0. The summed E-state index contributed by atoms with van der Waals surface area (Å²) in [5.41, 5.74) is 3.29. The highest BCUT2D eigenvalue weighted by atomic mass is 16.5. The first kappa shape index (κ1) is 13.3. The number of benzene rings is 2. The molecule has 0 atom stereocenters. The zero-order valence-corrected chi connectivity index (χ0v) is 11.5. The maximum absolute atomic E-state index is 5.54. The highest BCUT2D eigenvalue weighted by molar-refractivity contribution is 5.82. The molecule has 0 radical (unpaired) electrons. The van der Waals surface area contributed by atoms with Crippen LogP contribution in [0.15, 0.2) is 53.5 Å². The van der Waals surface area contributed by atoms with E-state index in [0.717, 1.165) is 30.0 Å². The molecule has 0 aliphatic carbocycles. The summed E-state index contributed by atoms with van der Waals surface area (Å²) in [4.78, 5) is 4.44. The molecule has 0 saturated carbocycles. The monoisotopic (exact) mass is 253 g/mol. The largest absolute Gasteiger partial charge is 0.494 e. The fourth-order valence-corrected chi connectivity index (χ4v) is 1.65. The van der Waals surface area contributed by atoms with Gasteiger partial charge in [0.05, 0.1) is 12.3 Å². The Labute approximate surface area is 114 Å². The zero-order valence-electron chi connectivity index (χ0n) is 11.5. The van der Waals surface area contributed by atoms with E-state index in [1.165, 1.54) is 5.56 Å². The van der Waals surface area contributed by atoms with E-state index in [-0.39, 0.29) is 0 Å². The predicted octanol–water partition coefficient (Wildman–Crippen LogP) is 4.53. The van der Waals surface area contributed by atoms with E-state index in [9.17, 15) is 0 Å². The normalized spacial score (nSPS) is 10.8. The lowest BCUT2D eigenvalue weighted by atomic mass is 10.2. The van der Waals surface area contributed by atoms with Crippen LogP contribution >= 0.6 is 0 Å². The summed E-state index contributed by atoms with van der Waals surface area (Å²) in [6.07, 6.45) is 2.89. The first-order chi connectivity index (χ1) is 9.28. The van der Waals surface area contributed by atoms with Gasteiger partial charge in [-0.3, -0.25) is 4.99 Å². The zero-order chi connectivity index (χ0) is 13.5. The number of aliphatic imine (C=N–C) groups is 1. The quantitative estimate of drug-likeness (QED) is 0.717. The molecule has 0 aromatic heterocycles. The first-order valence-corrected chi connectivity index (χ1v) is 6.61. The van der Waals surface area contributed by atoms with Crippen LogP contribution in [0, 0.1) is 6.92 Å². The van der Waals surface area contributed by atoms with Gasteiger partial charge in [0.25, 0.3) is 0 Å². The van der Waals surface area contributed by atoms with Gasteiger partial charge in [0, 0.05) is 6.21 Å². The number of rotatable bonds is 5. The Kier molecular flexibility index (Phi) is 4.73. The van der Waals surface area contributed by atoms with Crippen molar-refractivity contribution in [2.75, 3.05) is 6.61 Å². The van der Waals surface area contributed by atoms with Gasteiger partial charge in [-0.15, -0.1) is 0 Å². The summed E-state index contributed by atoms with van der Waals surface area (Å²) in [6.45, 7) is 4.93. The second-order valence-electron chi connectivity index (χ2n) is 4.51. The molecule has 2 rings (SSSR count). The Hall–Kier alpha value is -2.09. The second-order valence-corrected chi connectivity index (χ2v) is 4.51. The van der Waals surface area contributed by atoms with E-state index >= 15 is 0 Å². The predicted molar refractivity (Wildman–Crippen MR) is 80.7 cm³/mol. The lowest BCUT2D eigenvalue weighted by Gasteiger charge is -2.03. The highest BCUT2D eigenvalue weighted by Crippen LogP contribution is 2.14. The fourth-order valence-electron chi connectivity index (χ4n) is 1.65. The van der Waals surface area contributed by atoms with Crippen molar-refractivity contribution in [2.24, 2.45) is 4.99 Å². The molecule has 0 saturated heterocycles. The molecule has 2 aromatic rings. The minimum atomic E-state index is 0.761. The molecule has 0 unspecified atom stereocenters. The Morgan fingerprint density at radius 2 is 1.68 bits per heavy atom. The minimum Gasteiger partial charge on any atom is -0.494 e. The maximum Gasteiger partial charge on any atom is 0.119 e. The number of nitrogens with zero attached hydrogens (tertiary/aromatic N) is 1. The SMILES string of the molecule is CCCOc1ccc(C=Nc2ccc(C)cc2)cc1. The average Bonchev–Trinajstić information content (AvgIpc) is 2.46. The van der Waals surface area contributed by atoms with Crippen LogP contribution in [0.25, 0.3) is 0 Å². The lowest BCUT2D eigenvalue weighted by Crippen LogP contribution is -1.94. The van der Waals surface area contributed by atoms with Gasteiger partial charge in [0.2, 0.25) is 0 Å². The summed E-state index contributed by atoms with van der Waals surface area (Å²) in [7, 11) is 0. The van der Waals surface area contributed by atoms with Crippen molar-refractivity contribution in [3.8, 4) is 5.75 Å². The van der Waals surface area contributed by atoms with Crippen molar-refractivity contribution in [3.63, 3.8) is 0 Å². The third-order valence-corrected chi connectivity index (χ3v) is 2.75. The van der Waals surface area contributed by atoms with Crippen molar-refractivity contribution in [2.45, 2.75) is 20.3 Å². The summed E-state index contributed by atoms with van der Waals surface area (Å²) in [5.74, 6) is 0.911. The molecule has 0 spiro atoms. The van der Waals surface area contributed by atoms with Crippen LogP contribution in [-0.2, 0) is 0 Å². The van der Waals surface area contributed by atoms with Crippen LogP contribution in [0.1, 0.15) is 24.5 Å². The van der Waals surface area contributed by atoms with Gasteiger partial charge in [-0.25, -0.2) is 0 Å². The molecule has 0 aliphatic rings. The van der Waals surface area contributed by atoms with Crippen LogP contribution in [0.4, 0.5) is 5.69 Å². The number of aryl methyl sites for hydroxylation is 1. The van der Waals surface area contributed by atoms with Gasteiger partial charge in [-0.2, -0.15) is 0 Å².